The number of hydrogen-bond acceptors (Lipinski definition) is 5. The Bertz CT molecular complexity index is 835. The molecule has 0 radical (unpaired) electrons. The molecule has 1 aromatic heterocycles. The molecule has 1 aromatic carbocycles. The number of rotatable bonds is 8. The smallest absolute Gasteiger partial charge is 0.256 e. The highest BCUT2D eigenvalue weighted by molar-refractivity contribution is 7.98. The molecule has 150 valence electrons. The predicted octanol–water partition coefficient (Wildman–Crippen LogP) is 4.30. The minimum absolute atomic E-state index is 0.00784. The lowest BCUT2D eigenvalue weighted by molar-refractivity contribution is -0.116. The summed E-state index contributed by atoms with van der Waals surface area (Å²) in [5.74, 6) is 0.781. The molecular formula is C21H28N4O2S. The zero-order chi connectivity index (χ0) is 20.7. The van der Waals surface area contributed by atoms with Crippen LogP contribution in [0.4, 0.5) is 5.69 Å². The second-order valence-electron chi connectivity index (χ2n) is 6.88. The van der Waals surface area contributed by atoms with Gasteiger partial charge in [0, 0.05) is 24.6 Å². The normalized spacial score (nSPS) is 10.8. The number of thioether (sulfide) groups is 1. The lowest BCUT2D eigenvalue weighted by Crippen LogP contribution is -2.25. The van der Waals surface area contributed by atoms with E-state index in [2.05, 4.69) is 20.6 Å². The first-order valence-corrected chi connectivity index (χ1v) is 10.7. The molecule has 0 fully saturated rings. The zero-order valence-corrected chi connectivity index (χ0v) is 17.9. The number of carbonyl (C=O) groups is 2. The Morgan fingerprint density at radius 2 is 1.82 bits per heavy atom. The number of aromatic nitrogens is 2. The lowest BCUT2D eigenvalue weighted by Gasteiger charge is -2.13. The molecule has 0 saturated heterocycles. The second-order valence-corrected chi connectivity index (χ2v) is 7.68. The third kappa shape index (κ3) is 5.79. The van der Waals surface area contributed by atoms with Crippen molar-refractivity contribution in [1.29, 1.82) is 0 Å². The number of nitrogens with zero attached hydrogens (tertiary/aromatic N) is 2. The number of carbonyl (C=O) groups excluding carboxylic acids is 2. The average molecular weight is 401 g/mol. The topological polar surface area (TPSA) is 84.0 Å². The lowest BCUT2D eigenvalue weighted by atomic mass is 10.1. The highest BCUT2D eigenvalue weighted by Crippen LogP contribution is 2.23. The van der Waals surface area contributed by atoms with E-state index < -0.39 is 0 Å². The van der Waals surface area contributed by atoms with Crippen molar-refractivity contribution in [2.75, 3.05) is 11.6 Å². The SMILES string of the molecule is CCCC(=O)Nc1ccc(CNC(=O)c2c(C)nc(C(C)C)nc2SC)cc1. The van der Waals surface area contributed by atoms with E-state index in [0.29, 0.717) is 29.2 Å². The van der Waals surface area contributed by atoms with Crippen LogP contribution >= 0.6 is 11.8 Å². The Kier molecular flexibility index (Phi) is 7.99. The van der Waals surface area contributed by atoms with Crippen molar-refractivity contribution >= 4 is 29.3 Å². The summed E-state index contributed by atoms with van der Waals surface area (Å²) in [7, 11) is 0. The van der Waals surface area contributed by atoms with E-state index in [1.807, 2.05) is 58.2 Å². The zero-order valence-electron chi connectivity index (χ0n) is 17.1. The van der Waals surface area contributed by atoms with E-state index in [9.17, 15) is 9.59 Å². The van der Waals surface area contributed by atoms with E-state index in [1.54, 1.807) is 0 Å². The minimum atomic E-state index is -0.183. The summed E-state index contributed by atoms with van der Waals surface area (Å²) in [5, 5.41) is 6.49. The summed E-state index contributed by atoms with van der Waals surface area (Å²) in [4.78, 5) is 33.4. The van der Waals surface area contributed by atoms with Crippen molar-refractivity contribution in [3.05, 3.63) is 46.9 Å². The van der Waals surface area contributed by atoms with Crippen LogP contribution in [0, 0.1) is 6.92 Å². The van der Waals surface area contributed by atoms with Crippen LogP contribution in [0.1, 0.15) is 67.0 Å². The maximum Gasteiger partial charge on any atom is 0.256 e. The summed E-state index contributed by atoms with van der Waals surface area (Å²) in [6, 6.07) is 7.47. The first kappa shape index (κ1) is 21.9. The maximum absolute atomic E-state index is 12.7. The van der Waals surface area contributed by atoms with Crippen LogP contribution < -0.4 is 10.6 Å². The van der Waals surface area contributed by atoms with Gasteiger partial charge in [-0.2, -0.15) is 0 Å². The first-order chi connectivity index (χ1) is 13.3. The van der Waals surface area contributed by atoms with Crippen LogP contribution in [-0.2, 0) is 11.3 Å². The van der Waals surface area contributed by atoms with Gasteiger partial charge >= 0.3 is 0 Å². The van der Waals surface area contributed by atoms with Gasteiger partial charge in [0.25, 0.3) is 5.91 Å². The largest absolute Gasteiger partial charge is 0.348 e. The summed E-state index contributed by atoms with van der Waals surface area (Å²) < 4.78 is 0. The fraction of sp³-hybridized carbons (Fsp3) is 0.429. The molecule has 2 amide bonds. The number of benzene rings is 1. The molecule has 2 aromatic rings. The minimum Gasteiger partial charge on any atom is -0.348 e. The summed E-state index contributed by atoms with van der Waals surface area (Å²) in [6.45, 7) is 8.27. The van der Waals surface area contributed by atoms with Crippen molar-refractivity contribution in [3.8, 4) is 0 Å². The summed E-state index contributed by atoms with van der Waals surface area (Å²) in [5.41, 5.74) is 2.92. The van der Waals surface area contributed by atoms with Crippen LogP contribution in [0.15, 0.2) is 29.3 Å². The van der Waals surface area contributed by atoms with Gasteiger partial charge in [-0.15, -0.1) is 11.8 Å². The van der Waals surface area contributed by atoms with Gasteiger partial charge in [-0.3, -0.25) is 9.59 Å². The standard InChI is InChI=1S/C21H28N4O2S/c1-6-7-17(26)24-16-10-8-15(9-11-16)12-22-20(27)18-14(4)23-19(13(2)3)25-21(18)28-5/h8-11,13H,6-7,12H2,1-5H3,(H,22,27)(H,24,26). The Morgan fingerprint density at radius 1 is 1.14 bits per heavy atom. The molecule has 0 aliphatic heterocycles. The van der Waals surface area contributed by atoms with E-state index in [4.69, 9.17) is 0 Å². The molecule has 0 aliphatic carbocycles. The molecule has 28 heavy (non-hydrogen) atoms. The van der Waals surface area contributed by atoms with E-state index >= 15 is 0 Å². The van der Waals surface area contributed by atoms with E-state index in [0.717, 1.165) is 23.5 Å². The van der Waals surface area contributed by atoms with Gasteiger partial charge in [-0.05, 0) is 37.3 Å². The highest BCUT2D eigenvalue weighted by Gasteiger charge is 2.19. The summed E-state index contributed by atoms with van der Waals surface area (Å²) >= 11 is 1.45. The van der Waals surface area contributed by atoms with Crippen LogP contribution in [-0.4, -0.2) is 28.0 Å². The van der Waals surface area contributed by atoms with Gasteiger partial charge < -0.3 is 10.6 Å². The van der Waals surface area contributed by atoms with Crippen LogP contribution in [0.3, 0.4) is 0 Å². The average Bonchev–Trinajstić information content (AvgIpc) is 2.66. The number of nitrogens with one attached hydrogen (secondary N) is 2. The molecule has 0 saturated carbocycles. The predicted molar refractivity (Wildman–Crippen MR) is 114 cm³/mol. The van der Waals surface area contributed by atoms with Gasteiger partial charge in [0.05, 0.1) is 11.3 Å². The van der Waals surface area contributed by atoms with Crippen molar-refractivity contribution in [1.82, 2.24) is 15.3 Å². The number of anilines is 1. The second kappa shape index (κ2) is 10.2. The fourth-order valence-electron chi connectivity index (χ4n) is 2.66. The Hall–Kier alpha value is -2.41. The number of hydrogen-bond donors (Lipinski definition) is 2. The van der Waals surface area contributed by atoms with E-state index in [1.165, 1.54) is 11.8 Å². The van der Waals surface area contributed by atoms with E-state index in [-0.39, 0.29) is 17.7 Å². The molecule has 0 bridgehead atoms. The number of amides is 2. The Morgan fingerprint density at radius 3 is 2.39 bits per heavy atom. The molecule has 7 heteroatoms. The first-order valence-electron chi connectivity index (χ1n) is 9.45. The van der Waals surface area contributed by atoms with Crippen LogP contribution in [0.5, 0.6) is 0 Å². The van der Waals surface area contributed by atoms with Crippen LogP contribution in [0.25, 0.3) is 0 Å². The van der Waals surface area contributed by atoms with Crippen molar-refractivity contribution in [2.24, 2.45) is 0 Å². The van der Waals surface area contributed by atoms with Crippen molar-refractivity contribution in [2.45, 2.75) is 58.0 Å². The Labute approximate surface area is 170 Å². The fourth-order valence-corrected chi connectivity index (χ4v) is 3.29. The Balaban J connectivity index is 2.05. The highest BCUT2D eigenvalue weighted by atomic mass is 32.2. The van der Waals surface area contributed by atoms with Crippen LogP contribution in [0.2, 0.25) is 0 Å². The molecular weight excluding hydrogens is 372 g/mol. The van der Waals surface area contributed by atoms with Gasteiger partial charge in [0.2, 0.25) is 5.91 Å². The third-order valence-corrected chi connectivity index (χ3v) is 4.86. The molecule has 2 N–H and O–H groups in total. The molecule has 0 unspecified atom stereocenters. The van der Waals surface area contributed by atoms with Crippen molar-refractivity contribution in [3.63, 3.8) is 0 Å². The monoisotopic (exact) mass is 400 g/mol. The van der Waals surface area contributed by atoms with Gasteiger partial charge in [0.1, 0.15) is 10.9 Å². The van der Waals surface area contributed by atoms with Gasteiger partial charge in [-0.25, -0.2) is 9.97 Å². The maximum atomic E-state index is 12.7. The molecule has 0 atom stereocenters. The van der Waals surface area contributed by atoms with Crippen molar-refractivity contribution < 1.29 is 9.59 Å². The number of aryl methyl sites for hydroxylation is 1. The van der Waals surface area contributed by atoms with Gasteiger partial charge in [0.15, 0.2) is 0 Å². The molecule has 0 spiro atoms. The molecule has 6 nitrogen and oxygen atoms in total. The molecule has 1 heterocycles. The summed E-state index contributed by atoms with van der Waals surface area (Å²) in [6.07, 6.45) is 3.23. The third-order valence-electron chi connectivity index (χ3n) is 4.18. The van der Waals surface area contributed by atoms with Gasteiger partial charge in [-0.1, -0.05) is 32.9 Å². The molecule has 2 rings (SSSR count). The molecule has 0 aliphatic rings. The quantitative estimate of drug-likeness (QED) is 0.510.